The second-order valence-corrected chi connectivity index (χ2v) is 9.34. The summed E-state index contributed by atoms with van der Waals surface area (Å²) in [6.45, 7) is 0.456. The van der Waals surface area contributed by atoms with Crippen LogP contribution < -0.4 is 0 Å². The Bertz CT molecular complexity index is 1500. The van der Waals surface area contributed by atoms with Gasteiger partial charge >= 0.3 is 0 Å². The zero-order valence-corrected chi connectivity index (χ0v) is 21.4. The first-order chi connectivity index (χ1) is 19.1. The van der Waals surface area contributed by atoms with Crippen LogP contribution in [-0.2, 0) is 4.79 Å². The molecule has 4 aromatic carbocycles. The maximum atomic E-state index is 13.6. The van der Waals surface area contributed by atoms with E-state index in [-0.39, 0.29) is 30.6 Å². The van der Waals surface area contributed by atoms with Crippen molar-refractivity contribution in [1.82, 2.24) is 4.90 Å². The highest BCUT2D eigenvalue weighted by atomic mass is 16.2. The molecule has 1 heterocycles. The zero-order chi connectivity index (χ0) is 27.0. The molecule has 5 rings (SSSR count). The monoisotopic (exact) mass is 509 g/mol. The van der Waals surface area contributed by atoms with E-state index in [1.807, 2.05) is 103 Å². The highest BCUT2D eigenvalue weighted by Gasteiger charge is 2.29. The van der Waals surface area contributed by atoms with Gasteiger partial charge in [-0.15, -0.1) is 0 Å². The molecule has 1 aliphatic heterocycles. The number of hydrogen-bond acceptors (Lipinski definition) is 3. The second kappa shape index (κ2) is 12.0. The number of ketones is 2. The predicted octanol–water partition coefficient (Wildman–Crippen LogP) is 6.77. The predicted molar refractivity (Wildman–Crippen MR) is 156 cm³/mol. The normalized spacial score (nSPS) is 15.7. The van der Waals surface area contributed by atoms with Gasteiger partial charge in [0.05, 0.1) is 13.1 Å². The summed E-state index contributed by atoms with van der Waals surface area (Å²) in [5.41, 5.74) is 4.93. The van der Waals surface area contributed by atoms with Gasteiger partial charge in [0.2, 0.25) is 0 Å². The summed E-state index contributed by atoms with van der Waals surface area (Å²) in [6, 6.07) is 35.5. The fraction of sp³-hybridized carbons (Fsp3) is 0.0571. The zero-order valence-electron chi connectivity index (χ0n) is 21.4. The molecule has 1 amide bonds. The van der Waals surface area contributed by atoms with Gasteiger partial charge in [0.25, 0.3) is 5.91 Å². The number of rotatable bonds is 6. The van der Waals surface area contributed by atoms with Gasteiger partial charge in [0.15, 0.2) is 11.6 Å². The van der Waals surface area contributed by atoms with Crippen LogP contribution >= 0.6 is 0 Å². The molecule has 39 heavy (non-hydrogen) atoms. The summed E-state index contributed by atoms with van der Waals surface area (Å²) in [5, 5.41) is 0. The van der Waals surface area contributed by atoms with Gasteiger partial charge in [-0.3, -0.25) is 14.4 Å². The Morgan fingerprint density at radius 3 is 1.56 bits per heavy atom. The molecule has 1 aliphatic rings. The van der Waals surface area contributed by atoms with Gasteiger partial charge in [-0.25, -0.2) is 0 Å². The molecule has 0 saturated carbocycles. The highest BCUT2D eigenvalue weighted by Crippen LogP contribution is 2.24. The van der Waals surface area contributed by atoms with Crippen molar-refractivity contribution in [1.29, 1.82) is 0 Å². The number of carbonyl (C=O) groups is 3. The minimum absolute atomic E-state index is 0.0460. The number of carbonyl (C=O) groups excluding carboxylic acids is 3. The summed E-state index contributed by atoms with van der Waals surface area (Å²) >= 11 is 0. The van der Waals surface area contributed by atoms with Crippen molar-refractivity contribution in [2.45, 2.75) is 0 Å². The Morgan fingerprint density at radius 2 is 1.05 bits per heavy atom. The quantitative estimate of drug-likeness (QED) is 0.213. The molecular weight excluding hydrogens is 482 g/mol. The Hall–Kier alpha value is -5.09. The summed E-state index contributed by atoms with van der Waals surface area (Å²) in [6.07, 6.45) is 6.99. The van der Waals surface area contributed by atoms with Crippen LogP contribution in [0.25, 0.3) is 18.2 Å². The molecule has 4 nitrogen and oxygen atoms in total. The number of likely N-dealkylation sites (tertiary alicyclic amines) is 1. The number of benzene rings is 4. The van der Waals surface area contributed by atoms with Crippen molar-refractivity contribution in [3.8, 4) is 0 Å². The van der Waals surface area contributed by atoms with Crippen LogP contribution in [0.5, 0.6) is 0 Å². The van der Waals surface area contributed by atoms with E-state index in [1.165, 1.54) is 6.08 Å². The molecule has 0 bridgehead atoms. The second-order valence-electron chi connectivity index (χ2n) is 9.34. The lowest BCUT2D eigenvalue weighted by Crippen LogP contribution is -2.41. The van der Waals surface area contributed by atoms with Crippen molar-refractivity contribution < 1.29 is 14.4 Å². The lowest BCUT2D eigenvalue weighted by Gasteiger charge is -2.30. The number of allylic oxidation sites excluding steroid dienone is 1. The lowest BCUT2D eigenvalue weighted by molar-refractivity contribution is -0.113. The van der Waals surface area contributed by atoms with Gasteiger partial charge < -0.3 is 4.90 Å². The Balaban J connectivity index is 1.38. The van der Waals surface area contributed by atoms with Crippen LogP contribution in [0.3, 0.4) is 0 Å². The fourth-order valence-electron chi connectivity index (χ4n) is 4.47. The Morgan fingerprint density at radius 1 is 0.564 bits per heavy atom. The van der Waals surface area contributed by atoms with E-state index in [0.29, 0.717) is 22.3 Å². The maximum absolute atomic E-state index is 13.6. The van der Waals surface area contributed by atoms with Gasteiger partial charge in [0.1, 0.15) is 0 Å². The smallest absolute Gasteiger partial charge is 0.254 e. The van der Waals surface area contributed by atoms with E-state index in [1.54, 1.807) is 35.2 Å². The summed E-state index contributed by atoms with van der Waals surface area (Å²) in [4.78, 5) is 41.0. The largest absolute Gasteiger partial charge is 0.330 e. The van der Waals surface area contributed by atoms with Crippen molar-refractivity contribution >= 4 is 35.7 Å². The average molecular weight is 510 g/mol. The van der Waals surface area contributed by atoms with Crippen LogP contribution in [0.15, 0.2) is 132 Å². The van der Waals surface area contributed by atoms with Gasteiger partial charge in [-0.05, 0) is 47.1 Å². The van der Waals surface area contributed by atoms with Crippen LogP contribution in [0.2, 0.25) is 0 Å². The first-order valence-electron chi connectivity index (χ1n) is 12.8. The van der Waals surface area contributed by atoms with E-state index < -0.39 is 0 Å². The first-order valence-corrected chi connectivity index (χ1v) is 12.8. The van der Waals surface area contributed by atoms with Crippen LogP contribution in [0.1, 0.15) is 37.4 Å². The van der Waals surface area contributed by atoms with Gasteiger partial charge in [-0.2, -0.15) is 0 Å². The topological polar surface area (TPSA) is 54.5 Å². The van der Waals surface area contributed by atoms with E-state index in [0.717, 1.165) is 16.7 Å². The van der Waals surface area contributed by atoms with Crippen LogP contribution in [0, 0.1) is 0 Å². The molecule has 0 atom stereocenters. The molecule has 4 heteroatoms. The molecule has 0 N–H and O–H groups in total. The van der Waals surface area contributed by atoms with Crippen molar-refractivity contribution in [2.75, 3.05) is 13.1 Å². The molecule has 190 valence electrons. The molecule has 0 spiro atoms. The molecule has 1 saturated heterocycles. The van der Waals surface area contributed by atoms with Gasteiger partial charge in [-0.1, -0.05) is 109 Å². The van der Waals surface area contributed by atoms with E-state index in [2.05, 4.69) is 0 Å². The third-order valence-electron chi connectivity index (χ3n) is 6.52. The standard InChI is InChI=1S/C35H27NO3/c37-33(29-14-8-3-9-15-29)21-18-26-16-19-30(20-17-26)35(39)36-24-31(22-27-10-4-1-5-11-27)34(38)32(25-36)23-28-12-6-2-7-13-28/h1-23H,24-25H2/b21-18+,31-22-,32-23-. The van der Waals surface area contributed by atoms with Crippen LogP contribution in [0.4, 0.5) is 0 Å². The average Bonchev–Trinajstić information content (AvgIpc) is 2.99. The minimum Gasteiger partial charge on any atom is -0.330 e. The highest BCUT2D eigenvalue weighted by molar-refractivity contribution is 6.16. The van der Waals surface area contributed by atoms with E-state index in [4.69, 9.17) is 0 Å². The molecular formula is C35H27NO3. The third kappa shape index (κ3) is 6.43. The number of nitrogens with zero attached hydrogens (tertiary/aromatic N) is 1. The summed E-state index contributed by atoms with van der Waals surface area (Å²) in [5.74, 6) is -0.282. The molecule has 0 aliphatic carbocycles. The summed E-state index contributed by atoms with van der Waals surface area (Å²) < 4.78 is 0. The molecule has 0 aromatic heterocycles. The SMILES string of the molecule is O=C1/C(=C\c2ccccc2)CN(C(=O)c2ccc(/C=C/C(=O)c3ccccc3)cc2)C/C1=C/c1ccccc1. The Labute approximate surface area is 228 Å². The maximum Gasteiger partial charge on any atom is 0.254 e. The van der Waals surface area contributed by atoms with Crippen molar-refractivity contribution in [3.63, 3.8) is 0 Å². The minimum atomic E-state index is -0.156. The van der Waals surface area contributed by atoms with Crippen molar-refractivity contribution in [2.24, 2.45) is 0 Å². The molecule has 0 radical (unpaired) electrons. The number of hydrogen-bond donors (Lipinski definition) is 0. The lowest BCUT2D eigenvalue weighted by atomic mass is 9.93. The number of Topliss-reactive ketones (excluding diaryl/α,β-unsaturated/α-hetero) is 1. The number of amides is 1. The third-order valence-corrected chi connectivity index (χ3v) is 6.52. The molecule has 1 fully saturated rings. The van der Waals surface area contributed by atoms with Gasteiger partial charge in [0, 0.05) is 22.3 Å². The Kier molecular flexibility index (Phi) is 7.84. The van der Waals surface area contributed by atoms with Crippen molar-refractivity contribution in [3.05, 3.63) is 160 Å². The summed E-state index contributed by atoms with van der Waals surface area (Å²) in [7, 11) is 0. The van der Waals surface area contributed by atoms with E-state index >= 15 is 0 Å². The molecule has 0 unspecified atom stereocenters. The number of piperidine rings is 1. The van der Waals surface area contributed by atoms with Crippen LogP contribution in [-0.4, -0.2) is 35.5 Å². The van der Waals surface area contributed by atoms with E-state index in [9.17, 15) is 14.4 Å². The molecule has 4 aromatic rings. The fourth-order valence-corrected chi connectivity index (χ4v) is 4.47. The first kappa shape index (κ1) is 25.6.